The van der Waals surface area contributed by atoms with Gasteiger partial charge >= 0.3 is 13.8 Å². The highest BCUT2D eigenvalue weighted by Crippen LogP contribution is 2.43. The molecule has 0 aliphatic heterocycles. The highest BCUT2D eigenvalue weighted by Gasteiger charge is 2.30. The summed E-state index contributed by atoms with van der Waals surface area (Å²) in [5.74, 6) is -0.508. The van der Waals surface area contributed by atoms with E-state index in [1.54, 1.807) is 0 Å². The van der Waals surface area contributed by atoms with Gasteiger partial charge in [-0.2, -0.15) is 0 Å². The molecule has 472 valence electrons. The Hall–Kier alpha value is -2.55. The molecule has 9 nitrogen and oxygen atoms in total. The zero-order valence-electron chi connectivity index (χ0n) is 54.0. The van der Waals surface area contributed by atoms with Gasteiger partial charge in [0.15, 0.2) is 0 Å². The van der Waals surface area contributed by atoms with Gasteiger partial charge in [-0.25, -0.2) is 4.57 Å². The van der Waals surface area contributed by atoms with Crippen molar-refractivity contribution in [1.82, 2.24) is 5.32 Å². The Balaban J connectivity index is 5.19. The Bertz CT molecular complexity index is 1620. The zero-order valence-corrected chi connectivity index (χ0v) is 54.9. The summed E-state index contributed by atoms with van der Waals surface area (Å²) >= 11 is 0. The van der Waals surface area contributed by atoms with E-state index in [0.29, 0.717) is 17.4 Å². The van der Waals surface area contributed by atoms with Crippen molar-refractivity contribution in [2.45, 2.75) is 328 Å². The lowest BCUT2D eigenvalue weighted by molar-refractivity contribution is -0.870. The first-order chi connectivity index (χ1) is 39.4. The first-order valence-corrected chi connectivity index (χ1v) is 35.8. The Morgan fingerprint density at radius 2 is 0.753 bits per heavy atom. The van der Waals surface area contributed by atoms with Crippen molar-refractivity contribution in [3.05, 3.63) is 72.9 Å². The molecule has 3 unspecified atom stereocenters. The third-order valence-electron chi connectivity index (χ3n) is 15.1. The summed E-state index contributed by atoms with van der Waals surface area (Å²) in [5, 5.41) is 3.07. The lowest BCUT2D eigenvalue weighted by atomic mass is 10.0. The van der Waals surface area contributed by atoms with Gasteiger partial charge in [0.2, 0.25) is 5.91 Å². The van der Waals surface area contributed by atoms with Crippen LogP contribution in [0.4, 0.5) is 0 Å². The summed E-state index contributed by atoms with van der Waals surface area (Å²) < 4.78 is 30.8. The highest BCUT2D eigenvalue weighted by molar-refractivity contribution is 7.47. The topological polar surface area (TPSA) is 111 Å². The third-order valence-corrected chi connectivity index (χ3v) is 16.1. The molecular weight excluding hydrogens is 1020 g/mol. The zero-order chi connectivity index (χ0) is 59.3. The van der Waals surface area contributed by atoms with Crippen molar-refractivity contribution in [2.75, 3.05) is 40.9 Å². The average molecular weight is 1160 g/mol. The van der Waals surface area contributed by atoms with Gasteiger partial charge in [-0.1, -0.05) is 274 Å². The van der Waals surface area contributed by atoms with E-state index in [9.17, 15) is 19.0 Å². The third kappa shape index (κ3) is 61.8. The first-order valence-electron chi connectivity index (χ1n) is 34.3. The molecule has 0 saturated heterocycles. The average Bonchev–Trinajstić information content (AvgIpc) is 3.44. The normalized spacial score (nSPS) is 14.0. The minimum atomic E-state index is -4.46. The smallest absolute Gasteiger partial charge is 0.456 e. The van der Waals surface area contributed by atoms with Crippen LogP contribution in [0.15, 0.2) is 72.9 Å². The predicted octanol–water partition coefficient (Wildman–Crippen LogP) is 21.6. The Labute approximate surface area is 502 Å². The molecule has 2 N–H and O–H groups in total. The van der Waals surface area contributed by atoms with Crippen LogP contribution in [0.1, 0.15) is 316 Å². The van der Waals surface area contributed by atoms with Crippen molar-refractivity contribution in [3.8, 4) is 0 Å². The Morgan fingerprint density at radius 3 is 1.15 bits per heavy atom. The van der Waals surface area contributed by atoms with Gasteiger partial charge < -0.3 is 19.4 Å². The fourth-order valence-electron chi connectivity index (χ4n) is 9.80. The van der Waals surface area contributed by atoms with E-state index < -0.39 is 20.0 Å². The molecule has 0 bridgehead atoms. The molecule has 0 rings (SSSR count). The summed E-state index contributed by atoms with van der Waals surface area (Å²) in [4.78, 5) is 37.9. The highest BCUT2D eigenvalue weighted by atomic mass is 31.2. The second kappa shape index (κ2) is 60.6. The summed E-state index contributed by atoms with van der Waals surface area (Å²) in [7, 11) is 1.49. The second-order valence-corrected chi connectivity index (χ2v) is 25.8. The number of unbranched alkanes of at least 4 members (excludes halogenated alkanes) is 36. The number of amides is 1. The number of carbonyl (C=O) groups excluding carboxylic acids is 2. The van der Waals surface area contributed by atoms with Gasteiger partial charge in [0, 0.05) is 12.8 Å². The number of rotatable bonds is 62. The van der Waals surface area contributed by atoms with Crippen LogP contribution < -0.4 is 5.32 Å². The van der Waals surface area contributed by atoms with E-state index in [4.69, 9.17) is 13.8 Å². The molecule has 0 aliphatic carbocycles. The maximum absolute atomic E-state index is 13.6. The molecule has 0 aromatic carbocycles. The summed E-state index contributed by atoms with van der Waals surface area (Å²) in [5.41, 5.74) is 0. The van der Waals surface area contributed by atoms with Crippen LogP contribution in [-0.4, -0.2) is 74.3 Å². The molecule has 0 fully saturated rings. The number of hydrogen-bond donors (Lipinski definition) is 2. The number of phosphoric acid groups is 1. The Morgan fingerprint density at radius 1 is 0.432 bits per heavy atom. The lowest BCUT2D eigenvalue weighted by Gasteiger charge is -2.27. The number of esters is 1. The number of allylic oxidation sites excluding steroid dienone is 11. The van der Waals surface area contributed by atoms with Gasteiger partial charge in [-0.05, 0) is 102 Å². The van der Waals surface area contributed by atoms with Crippen molar-refractivity contribution in [3.63, 3.8) is 0 Å². The van der Waals surface area contributed by atoms with Crippen LogP contribution in [0.25, 0.3) is 0 Å². The van der Waals surface area contributed by atoms with Crippen LogP contribution in [-0.2, 0) is 27.9 Å². The molecule has 0 aliphatic rings. The SMILES string of the molecule is CCCCC/C=C\C/C=C\C/C=C\CCCCCCCCCCC(=O)NC(COP(=O)(O)OCC[N+](C)(C)C)C(/C=C/CCCCCCCCCCCCC)OC(=O)CCCCCCCCCCCCC/C=C\C/C=C\CCCCC. The molecule has 1 amide bonds. The number of hydrogen-bond acceptors (Lipinski definition) is 6. The fourth-order valence-corrected chi connectivity index (χ4v) is 10.5. The molecule has 0 saturated carbocycles. The van der Waals surface area contributed by atoms with E-state index in [1.165, 1.54) is 193 Å². The number of nitrogens with one attached hydrogen (secondary N) is 1. The summed E-state index contributed by atoms with van der Waals surface area (Å²) in [6.45, 7) is 6.98. The van der Waals surface area contributed by atoms with Crippen molar-refractivity contribution in [1.29, 1.82) is 0 Å². The number of quaternary nitrogens is 1. The standard InChI is InChI=1S/C71H131N2O7P/c1-7-10-13-16-19-22-25-28-30-32-34-36-38-40-42-45-48-51-54-57-60-63-70(74)72-68(67-79-81(76,77)78-66-65-73(4,5)6)69(62-59-56-53-50-47-44-27-24-21-18-15-12-9-3)80-71(75)64-61-58-55-52-49-46-43-41-39-37-35-33-31-29-26-23-20-17-14-11-8-2/h19-20,22-23,28-31,34,36,59,62,68-69H,7-18,21,24-27,32-33,35,37-58,60-61,63-67H2,1-6H3,(H-,72,74,76,77)/p+1/b22-19-,23-20-,30-28-,31-29-,36-34-,62-59+. The molecule has 10 heteroatoms. The van der Waals surface area contributed by atoms with Crippen molar-refractivity contribution < 1.29 is 37.3 Å². The molecule has 0 spiro atoms. The number of phosphoric ester groups is 1. The number of likely N-dealkylation sites (N-methyl/N-ethyl adjacent to an activating group) is 1. The maximum Gasteiger partial charge on any atom is 0.472 e. The second-order valence-electron chi connectivity index (χ2n) is 24.3. The molecule has 0 aromatic heterocycles. The van der Waals surface area contributed by atoms with Gasteiger partial charge in [-0.3, -0.25) is 18.6 Å². The van der Waals surface area contributed by atoms with Crippen LogP contribution in [0, 0.1) is 0 Å². The number of ether oxygens (including phenoxy) is 1. The van der Waals surface area contributed by atoms with E-state index in [0.717, 1.165) is 89.9 Å². The van der Waals surface area contributed by atoms with Crippen LogP contribution in [0.5, 0.6) is 0 Å². The van der Waals surface area contributed by atoms with E-state index in [-0.39, 0.29) is 31.5 Å². The van der Waals surface area contributed by atoms with Crippen LogP contribution in [0.2, 0.25) is 0 Å². The number of carbonyl (C=O) groups is 2. The molecule has 81 heavy (non-hydrogen) atoms. The van der Waals surface area contributed by atoms with Gasteiger partial charge in [-0.15, -0.1) is 0 Å². The van der Waals surface area contributed by atoms with Crippen molar-refractivity contribution in [2.24, 2.45) is 0 Å². The lowest BCUT2D eigenvalue weighted by Crippen LogP contribution is -2.47. The molecule has 0 aromatic rings. The van der Waals surface area contributed by atoms with Gasteiger partial charge in [0.1, 0.15) is 19.3 Å². The quantitative estimate of drug-likeness (QED) is 0.0205. The predicted molar refractivity (Wildman–Crippen MR) is 351 cm³/mol. The molecule has 0 radical (unpaired) electrons. The largest absolute Gasteiger partial charge is 0.472 e. The first kappa shape index (κ1) is 78.5. The number of nitrogens with zero attached hydrogens (tertiary/aromatic N) is 1. The minimum absolute atomic E-state index is 0.0368. The molecule has 0 heterocycles. The summed E-state index contributed by atoms with van der Waals surface area (Å²) in [6.07, 6.45) is 78.9. The van der Waals surface area contributed by atoms with Crippen molar-refractivity contribution >= 4 is 19.7 Å². The maximum atomic E-state index is 13.6. The minimum Gasteiger partial charge on any atom is -0.456 e. The van der Waals surface area contributed by atoms with Crippen LogP contribution >= 0.6 is 7.82 Å². The fraction of sp³-hybridized carbons (Fsp3) is 0.803. The Kier molecular flexibility index (Phi) is 58.7. The van der Waals surface area contributed by atoms with Gasteiger partial charge in [0.25, 0.3) is 0 Å². The monoisotopic (exact) mass is 1160 g/mol. The summed E-state index contributed by atoms with van der Waals surface area (Å²) in [6, 6.07) is -0.856. The van der Waals surface area contributed by atoms with E-state index in [2.05, 4.69) is 86.8 Å². The van der Waals surface area contributed by atoms with Gasteiger partial charge in [0.05, 0.1) is 33.8 Å². The van der Waals surface area contributed by atoms with E-state index >= 15 is 0 Å². The molecule has 3 atom stereocenters. The van der Waals surface area contributed by atoms with E-state index in [1.807, 2.05) is 33.3 Å². The van der Waals surface area contributed by atoms with Crippen LogP contribution in [0.3, 0.4) is 0 Å². The molecular formula is C71H132N2O7P+.